The van der Waals surface area contributed by atoms with Crippen molar-refractivity contribution in [3.05, 3.63) is 35.4 Å². The van der Waals surface area contributed by atoms with Crippen molar-refractivity contribution in [2.45, 2.75) is 43.8 Å². The molecule has 7 heteroatoms. The van der Waals surface area contributed by atoms with Crippen LogP contribution < -0.4 is 11.1 Å². The molecule has 1 amide bonds. The summed E-state index contributed by atoms with van der Waals surface area (Å²) in [6, 6.07) is 4.78. The van der Waals surface area contributed by atoms with E-state index >= 15 is 0 Å². The molecule has 1 aliphatic carbocycles. The van der Waals surface area contributed by atoms with Gasteiger partial charge in [-0.05, 0) is 25.0 Å². The lowest BCUT2D eigenvalue weighted by Gasteiger charge is -2.33. The first kappa shape index (κ1) is 18.8. The van der Waals surface area contributed by atoms with Gasteiger partial charge in [-0.15, -0.1) is 12.4 Å². The van der Waals surface area contributed by atoms with Crippen LogP contribution in [0.15, 0.2) is 24.3 Å². The van der Waals surface area contributed by atoms with Crippen LogP contribution in [0.25, 0.3) is 0 Å². The van der Waals surface area contributed by atoms with Gasteiger partial charge < -0.3 is 11.1 Å². The molecule has 1 aromatic rings. The molecule has 0 bridgehead atoms. The largest absolute Gasteiger partial charge is 0.417 e. The summed E-state index contributed by atoms with van der Waals surface area (Å²) in [6.07, 6.45) is 0.127. The Kier molecular flexibility index (Phi) is 6.26. The number of nitrogens with two attached hydrogens (primary N) is 1. The molecule has 0 aliphatic heterocycles. The Bertz CT molecular complexity index is 514. The monoisotopic (exact) mass is 336 g/mol. The molecule has 2 rings (SSSR count). The van der Waals surface area contributed by atoms with E-state index in [-0.39, 0.29) is 24.5 Å². The zero-order valence-electron chi connectivity index (χ0n) is 12.1. The third-order valence-electron chi connectivity index (χ3n) is 3.93. The Hall–Kier alpha value is -1.27. The lowest BCUT2D eigenvalue weighted by Crippen LogP contribution is -2.51. The summed E-state index contributed by atoms with van der Waals surface area (Å²) in [7, 11) is 0. The second kappa shape index (κ2) is 7.33. The zero-order valence-corrected chi connectivity index (χ0v) is 12.9. The van der Waals surface area contributed by atoms with Crippen LogP contribution in [0.4, 0.5) is 13.2 Å². The fraction of sp³-hybridized carbons (Fsp3) is 0.533. The van der Waals surface area contributed by atoms with Crippen molar-refractivity contribution in [3.8, 4) is 0 Å². The van der Waals surface area contributed by atoms with E-state index < -0.39 is 23.2 Å². The quantitative estimate of drug-likeness (QED) is 0.887. The van der Waals surface area contributed by atoms with Crippen molar-refractivity contribution in [2.75, 3.05) is 6.54 Å². The summed E-state index contributed by atoms with van der Waals surface area (Å²) in [5.41, 5.74) is 4.40. The molecule has 22 heavy (non-hydrogen) atoms. The van der Waals surface area contributed by atoms with Gasteiger partial charge in [0.1, 0.15) is 0 Å². The molecule has 1 aromatic carbocycles. The van der Waals surface area contributed by atoms with Crippen LogP contribution in [0.5, 0.6) is 0 Å². The fourth-order valence-corrected chi connectivity index (χ4v) is 2.71. The Balaban J connectivity index is 0.00000242. The van der Waals surface area contributed by atoms with E-state index in [1.807, 2.05) is 0 Å². The highest BCUT2D eigenvalue weighted by Gasteiger charge is 2.35. The Morgan fingerprint density at radius 3 is 2.36 bits per heavy atom. The van der Waals surface area contributed by atoms with E-state index in [9.17, 15) is 18.0 Å². The molecule has 0 radical (unpaired) electrons. The summed E-state index contributed by atoms with van der Waals surface area (Å²) in [6.45, 7) is 0.206. The molecular weight excluding hydrogens is 317 g/mol. The summed E-state index contributed by atoms with van der Waals surface area (Å²) >= 11 is 0. The van der Waals surface area contributed by atoms with Gasteiger partial charge in [0.15, 0.2) is 0 Å². The number of rotatable bonds is 3. The number of alkyl halides is 3. The van der Waals surface area contributed by atoms with E-state index in [2.05, 4.69) is 5.32 Å². The second-order valence-electron chi connectivity index (χ2n) is 5.65. The van der Waals surface area contributed by atoms with Crippen molar-refractivity contribution >= 4 is 18.3 Å². The molecule has 0 unspecified atom stereocenters. The highest BCUT2D eigenvalue weighted by Crippen LogP contribution is 2.32. The number of benzene rings is 1. The lowest BCUT2D eigenvalue weighted by atomic mass is 9.82. The van der Waals surface area contributed by atoms with Crippen LogP contribution >= 0.6 is 12.4 Å². The summed E-state index contributed by atoms with van der Waals surface area (Å²) in [5, 5.41) is 2.56. The summed E-state index contributed by atoms with van der Waals surface area (Å²) in [4.78, 5) is 12.0. The minimum Gasteiger partial charge on any atom is -0.350 e. The van der Waals surface area contributed by atoms with Crippen molar-refractivity contribution in [3.63, 3.8) is 0 Å². The predicted octanol–water partition coefficient (Wildman–Crippen LogP) is 3.52. The van der Waals surface area contributed by atoms with Crippen LogP contribution in [0.3, 0.4) is 0 Å². The first-order valence-corrected chi connectivity index (χ1v) is 7.05. The standard InChI is InChI=1S/C15H19F3N2O.ClH/c16-15(17,18)12-7-3-2-6-11(12)13(21)20-10-14(19)8-4-1-5-9-14;/h2-3,6-7H,1,4-5,8-10,19H2,(H,20,21);1H. The number of nitrogens with one attached hydrogen (secondary N) is 1. The second-order valence-corrected chi connectivity index (χ2v) is 5.65. The maximum Gasteiger partial charge on any atom is 0.417 e. The van der Waals surface area contributed by atoms with E-state index in [0.29, 0.717) is 0 Å². The van der Waals surface area contributed by atoms with E-state index in [0.717, 1.165) is 38.2 Å². The fourth-order valence-electron chi connectivity index (χ4n) is 2.71. The van der Waals surface area contributed by atoms with Crippen molar-refractivity contribution in [1.29, 1.82) is 0 Å². The van der Waals surface area contributed by atoms with Gasteiger partial charge in [0.25, 0.3) is 5.91 Å². The van der Waals surface area contributed by atoms with Crippen molar-refractivity contribution < 1.29 is 18.0 Å². The van der Waals surface area contributed by atoms with Gasteiger partial charge >= 0.3 is 6.18 Å². The summed E-state index contributed by atoms with van der Waals surface area (Å²) in [5.74, 6) is -0.724. The maximum absolute atomic E-state index is 12.9. The Labute approximate surface area is 133 Å². The van der Waals surface area contributed by atoms with Gasteiger partial charge in [-0.25, -0.2) is 0 Å². The molecule has 124 valence electrons. The van der Waals surface area contributed by atoms with Gasteiger partial charge in [0, 0.05) is 12.1 Å². The molecule has 1 fully saturated rings. The van der Waals surface area contributed by atoms with E-state index in [4.69, 9.17) is 5.73 Å². The van der Waals surface area contributed by atoms with Gasteiger partial charge in [-0.1, -0.05) is 31.4 Å². The smallest absolute Gasteiger partial charge is 0.350 e. The molecular formula is C15H20ClF3N2O. The zero-order chi connectivity index (χ0) is 15.5. The van der Waals surface area contributed by atoms with Crippen LogP contribution in [0.1, 0.15) is 48.0 Å². The highest BCUT2D eigenvalue weighted by molar-refractivity contribution is 5.95. The van der Waals surface area contributed by atoms with E-state index in [1.54, 1.807) is 0 Å². The predicted molar refractivity (Wildman–Crippen MR) is 81.0 cm³/mol. The highest BCUT2D eigenvalue weighted by atomic mass is 35.5. The number of halogens is 4. The number of carbonyl (C=O) groups is 1. The lowest BCUT2D eigenvalue weighted by molar-refractivity contribution is -0.137. The average molecular weight is 337 g/mol. The van der Waals surface area contributed by atoms with Gasteiger partial charge in [-0.3, -0.25) is 4.79 Å². The first-order chi connectivity index (χ1) is 9.82. The number of carbonyl (C=O) groups excluding carboxylic acids is 1. The minimum atomic E-state index is -4.54. The molecule has 3 nitrogen and oxygen atoms in total. The third kappa shape index (κ3) is 4.61. The molecule has 0 saturated heterocycles. The number of hydrogen-bond donors (Lipinski definition) is 2. The normalized spacial score (nSPS) is 17.5. The SMILES string of the molecule is Cl.NC1(CNC(=O)c2ccccc2C(F)(F)F)CCCCC1. The Morgan fingerprint density at radius 2 is 1.77 bits per heavy atom. The van der Waals surface area contributed by atoms with Gasteiger partial charge in [0.05, 0.1) is 11.1 Å². The van der Waals surface area contributed by atoms with Crippen LogP contribution in [0.2, 0.25) is 0 Å². The molecule has 0 heterocycles. The Morgan fingerprint density at radius 1 is 1.18 bits per heavy atom. The van der Waals surface area contributed by atoms with Crippen molar-refractivity contribution in [1.82, 2.24) is 5.32 Å². The molecule has 0 atom stereocenters. The first-order valence-electron chi connectivity index (χ1n) is 7.05. The molecule has 0 spiro atoms. The minimum absolute atomic E-state index is 0. The number of amides is 1. The molecule has 1 saturated carbocycles. The topological polar surface area (TPSA) is 55.1 Å². The maximum atomic E-state index is 12.9. The van der Waals surface area contributed by atoms with Gasteiger partial charge in [0.2, 0.25) is 0 Å². The number of hydrogen-bond acceptors (Lipinski definition) is 2. The third-order valence-corrected chi connectivity index (χ3v) is 3.93. The van der Waals surface area contributed by atoms with Crippen LogP contribution in [-0.4, -0.2) is 18.0 Å². The average Bonchev–Trinajstić information content (AvgIpc) is 2.45. The van der Waals surface area contributed by atoms with Gasteiger partial charge in [-0.2, -0.15) is 13.2 Å². The molecule has 0 aromatic heterocycles. The van der Waals surface area contributed by atoms with E-state index in [1.165, 1.54) is 18.2 Å². The molecule has 1 aliphatic rings. The molecule has 3 N–H and O–H groups in total. The summed E-state index contributed by atoms with van der Waals surface area (Å²) < 4.78 is 38.6. The van der Waals surface area contributed by atoms with Crippen LogP contribution in [0, 0.1) is 0 Å². The van der Waals surface area contributed by atoms with Crippen LogP contribution in [-0.2, 0) is 6.18 Å². The van der Waals surface area contributed by atoms with Crippen molar-refractivity contribution in [2.24, 2.45) is 5.73 Å².